The van der Waals surface area contributed by atoms with Gasteiger partial charge in [-0.2, -0.15) is 0 Å². The van der Waals surface area contributed by atoms with Crippen LogP contribution in [0.1, 0.15) is 42.1 Å². The standard InChI is InChI=1S/C12H14O2/c1-12(2)7-10(12)8-3-5-9(6-4-8)11(13)14/h3-6,10H,7H2,1-2H3,(H,13,14). The van der Waals surface area contributed by atoms with Gasteiger partial charge in [-0.05, 0) is 35.4 Å². The number of carbonyl (C=O) groups is 1. The van der Waals surface area contributed by atoms with Crippen LogP contribution in [-0.2, 0) is 0 Å². The molecule has 0 saturated heterocycles. The summed E-state index contributed by atoms with van der Waals surface area (Å²) in [5, 5.41) is 8.73. The molecule has 1 aliphatic carbocycles. The number of benzene rings is 1. The van der Waals surface area contributed by atoms with Crippen molar-refractivity contribution < 1.29 is 9.90 Å². The second-order valence-corrected chi connectivity index (χ2v) is 4.67. The largest absolute Gasteiger partial charge is 0.478 e. The van der Waals surface area contributed by atoms with Crippen molar-refractivity contribution in [3.63, 3.8) is 0 Å². The highest BCUT2D eigenvalue weighted by molar-refractivity contribution is 5.87. The lowest BCUT2D eigenvalue weighted by molar-refractivity contribution is 0.0697. The molecule has 2 nitrogen and oxygen atoms in total. The molecular formula is C12H14O2. The van der Waals surface area contributed by atoms with Gasteiger partial charge in [0.05, 0.1) is 5.56 Å². The third-order valence-electron chi connectivity index (χ3n) is 3.07. The average Bonchev–Trinajstić information content (AvgIpc) is 2.75. The van der Waals surface area contributed by atoms with E-state index in [1.807, 2.05) is 12.1 Å². The third-order valence-corrected chi connectivity index (χ3v) is 3.07. The second-order valence-electron chi connectivity index (χ2n) is 4.67. The van der Waals surface area contributed by atoms with E-state index in [2.05, 4.69) is 13.8 Å². The molecule has 0 aromatic heterocycles. The summed E-state index contributed by atoms with van der Waals surface area (Å²) in [5.74, 6) is -0.239. The van der Waals surface area contributed by atoms with Gasteiger partial charge < -0.3 is 5.11 Å². The maximum absolute atomic E-state index is 10.6. The zero-order valence-electron chi connectivity index (χ0n) is 8.45. The fourth-order valence-corrected chi connectivity index (χ4v) is 1.89. The Morgan fingerprint density at radius 2 is 1.86 bits per heavy atom. The Bertz CT molecular complexity index is 362. The van der Waals surface area contributed by atoms with E-state index in [1.165, 1.54) is 12.0 Å². The molecule has 1 aromatic rings. The topological polar surface area (TPSA) is 37.3 Å². The first kappa shape index (κ1) is 9.25. The molecule has 2 rings (SSSR count). The van der Waals surface area contributed by atoms with Crippen LogP contribution in [-0.4, -0.2) is 11.1 Å². The highest BCUT2D eigenvalue weighted by Gasteiger charge is 2.46. The van der Waals surface area contributed by atoms with Gasteiger partial charge in [0.1, 0.15) is 0 Å². The predicted octanol–water partition coefficient (Wildman–Crippen LogP) is 2.90. The Morgan fingerprint density at radius 1 is 1.36 bits per heavy atom. The summed E-state index contributed by atoms with van der Waals surface area (Å²) in [6.45, 7) is 4.48. The van der Waals surface area contributed by atoms with Crippen molar-refractivity contribution in [2.24, 2.45) is 5.41 Å². The SMILES string of the molecule is CC1(C)CC1c1ccc(C(=O)O)cc1. The lowest BCUT2D eigenvalue weighted by atomic mass is 10.0. The molecule has 74 valence electrons. The van der Waals surface area contributed by atoms with Crippen LogP contribution >= 0.6 is 0 Å². The number of hydrogen-bond donors (Lipinski definition) is 1. The van der Waals surface area contributed by atoms with Gasteiger partial charge >= 0.3 is 5.97 Å². The zero-order chi connectivity index (χ0) is 10.3. The smallest absolute Gasteiger partial charge is 0.335 e. The van der Waals surface area contributed by atoms with Crippen molar-refractivity contribution in [1.29, 1.82) is 0 Å². The van der Waals surface area contributed by atoms with Gasteiger partial charge in [-0.3, -0.25) is 0 Å². The number of carboxylic acids is 1. The van der Waals surface area contributed by atoms with E-state index in [1.54, 1.807) is 12.1 Å². The Balaban J connectivity index is 2.20. The summed E-state index contributed by atoms with van der Waals surface area (Å²) >= 11 is 0. The fraction of sp³-hybridized carbons (Fsp3) is 0.417. The normalized spacial score (nSPS) is 23.1. The van der Waals surface area contributed by atoms with Crippen LogP contribution in [0.15, 0.2) is 24.3 Å². The minimum Gasteiger partial charge on any atom is -0.478 e. The first-order chi connectivity index (χ1) is 6.50. The minimum atomic E-state index is -0.855. The molecule has 1 N–H and O–H groups in total. The Hall–Kier alpha value is -1.31. The number of aromatic carboxylic acids is 1. The van der Waals surface area contributed by atoms with E-state index in [0.717, 1.165) is 0 Å². The fourth-order valence-electron chi connectivity index (χ4n) is 1.89. The summed E-state index contributed by atoms with van der Waals surface area (Å²) in [6.07, 6.45) is 1.21. The van der Waals surface area contributed by atoms with Crippen LogP contribution in [0.25, 0.3) is 0 Å². The van der Waals surface area contributed by atoms with E-state index in [-0.39, 0.29) is 0 Å². The molecule has 0 heterocycles. The molecule has 1 atom stereocenters. The van der Waals surface area contributed by atoms with Crippen LogP contribution in [0.4, 0.5) is 0 Å². The summed E-state index contributed by atoms with van der Waals surface area (Å²) in [7, 11) is 0. The van der Waals surface area contributed by atoms with Gasteiger partial charge in [0.25, 0.3) is 0 Å². The summed E-state index contributed by atoms with van der Waals surface area (Å²) in [6, 6.07) is 7.24. The molecule has 1 saturated carbocycles. The highest BCUT2D eigenvalue weighted by Crippen LogP contribution is 2.58. The Morgan fingerprint density at radius 3 is 2.21 bits per heavy atom. The quantitative estimate of drug-likeness (QED) is 0.778. The molecule has 0 radical (unpaired) electrons. The summed E-state index contributed by atoms with van der Waals surface area (Å²) < 4.78 is 0. The molecule has 1 unspecified atom stereocenters. The first-order valence-corrected chi connectivity index (χ1v) is 4.84. The average molecular weight is 190 g/mol. The molecule has 1 aromatic carbocycles. The van der Waals surface area contributed by atoms with Crippen LogP contribution in [0.3, 0.4) is 0 Å². The molecule has 14 heavy (non-hydrogen) atoms. The van der Waals surface area contributed by atoms with Crippen molar-refractivity contribution in [3.8, 4) is 0 Å². The zero-order valence-corrected chi connectivity index (χ0v) is 8.45. The van der Waals surface area contributed by atoms with E-state index < -0.39 is 5.97 Å². The van der Waals surface area contributed by atoms with Crippen LogP contribution in [0, 0.1) is 5.41 Å². The molecule has 0 amide bonds. The molecule has 1 aliphatic rings. The lowest BCUT2D eigenvalue weighted by Crippen LogP contribution is -1.96. The molecule has 0 bridgehead atoms. The molecule has 0 spiro atoms. The van der Waals surface area contributed by atoms with Gasteiger partial charge in [-0.1, -0.05) is 26.0 Å². The van der Waals surface area contributed by atoms with Gasteiger partial charge in [-0.15, -0.1) is 0 Å². The predicted molar refractivity (Wildman–Crippen MR) is 54.5 cm³/mol. The molecule has 1 fully saturated rings. The van der Waals surface area contributed by atoms with Gasteiger partial charge in [0.2, 0.25) is 0 Å². The van der Waals surface area contributed by atoms with E-state index in [0.29, 0.717) is 16.9 Å². The van der Waals surface area contributed by atoms with Gasteiger partial charge in [0, 0.05) is 0 Å². The monoisotopic (exact) mass is 190 g/mol. The molecule has 2 heteroatoms. The van der Waals surface area contributed by atoms with Crippen LogP contribution < -0.4 is 0 Å². The van der Waals surface area contributed by atoms with Crippen LogP contribution in [0.5, 0.6) is 0 Å². The van der Waals surface area contributed by atoms with Crippen molar-refractivity contribution in [1.82, 2.24) is 0 Å². The van der Waals surface area contributed by atoms with Gasteiger partial charge in [0.15, 0.2) is 0 Å². The van der Waals surface area contributed by atoms with Crippen molar-refractivity contribution in [3.05, 3.63) is 35.4 Å². The lowest BCUT2D eigenvalue weighted by Gasteiger charge is -2.03. The highest BCUT2D eigenvalue weighted by atomic mass is 16.4. The van der Waals surface area contributed by atoms with Crippen LogP contribution in [0.2, 0.25) is 0 Å². The Kier molecular flexibility index (Phi) is 1.88. The van der Waals surface area contributed by atoms with Crippen molar-refractivity contribution in [2.45, 2.75) is 26.2 Å². The Labute approximate surface area is 83.6 Å². The van der Waals surface area contributed by atoms with E-state index in [4.69, 9.17) is 5.11 Å². The van der Waals surface area contributed by atoms with Crippen molar-refractivity contribution in [2.75, 3.05) is 0 Å². The molecular weight excluding hydrogens is 176 g/mol. The second kappa shape index (κ2) is 2.84. The molecule has 0 aliphatic heterocycles. The number of hydrogen-bond acceptors (Lipinski definition) is 1. The maximum atomic E-state index is 10.6. The van der Waals surface area contributed by atoms with E-state index in [9.17, 15) is 4.79 Å². The summed E-state index contributed by atoms with van der Waals surface area (Å²) in [4.78, 5) is 10.6. The third kappa shape index (κ3) is 1.52. The van der Waals surface area contributed by atoms with Crippen molar-refractivity contribution >= 4 is 5.97 Å². The number of rotatable bonds is 2. The first-order valence-electron chi connectivity index (χ1n) is 4.84. The van der Waals surface area contributed by atoms with E-state index >= 15 is 0 Å². The minimum absolute atomic E-state index is 0.368. The summed E-state index contributed by atoms with van der Waals surface area (Å²) in [5.41, 5.74) is 2.04. The maximum Gasteiger partial charge on any atom is 0.335 e. The number of carboxylic acid groups (broad SMARTS) is 1. The van der Waals surface area contributed by atoms with Gasteiger partial charge in [-0.25, -0.2) is 4.79 Å².